The highest BCUT2D eigenvalue weighted by molar-refractivity contribution is 8.12. The number of hydrogen-bond acceptors (Lipinski definition) is 8. The quantitative estimate of drug-likeness (QED) is 0.382. The molecule has 2 aromatic heterocycles. The number of carbonyl (C=O) groups excluding carboxylic acids is 2. The van der Waals surface area contributed by atoms with Crippen molar-refractivity contribution in [1.82, 2.24) is 0 Å². The Morgan fingerprint density at radius 2 is 1.64 bits per heavy atom. The molecule has 0 spiro atoms. The molecule has 9 heteroatoms. The molecular formula is C16H21ClO6S2. The Kier molecular flexibility index (Phi) is 15.0. The molecule has 25 heavy (non-hydrogen) atoms. The van der Waals surface area contributed by atoms with Crippen LogP contribution in [0.5, 0.6) is 0 Å². The lowest BCUT2D eigenvalue weighted by atomic mass is 10.5. The molecule has 2 rings (SSSR count). The second-order valence-electron chi connectivity index (χ2n) is 3.96. The van der Waals surface area contributed by atoms with Crippen molar-refractivity contribution in [2.45, 2.75) is 25.4 Å². The van der Waals surface area contributed by atoms with Crippen LogP contribution in [0.25, 0.3) is 0 Å². The van der Waals surface area contributed by atoms with Crippen LogP contribution in [0.1, 0.15) is 25.4 Å². The molecule has 0 fully saturated rings. The van der Waals surface area contributed by atoms with E-state index in [1.807, 2.05) is 18.2 Å². The van der Waals surface area contributed by atoms with E-state index in [0.717, 1.165) is 23.3 Å². The van der Waals surface area contributed by atoms with Gasteiger partial charge in [0.1, 0.15) is 11.5 Å². The Morgan fingerprint density at radius 1 is 1.08 bits per heavy atom. The zero-order valence-electron chi connectivity index (χ0n) is 14.0. The number of ether oxygens (including phenoxy) is 2. The van der Waals surface area contributed by atoms with Gasteiger partial charge in [0.05, 0.1) is 31.5 Å². The zero-order chi connectivity index (χ0) is 18.9. The van der Waals surface area contributed by atoms with Crippen molar-refractivity contribution in [2.24, 2.45) is 0 Å². The van der Waals surface area contributed by atoms with Crippen LogP contribution in [0, 0.1) is 0 Å². The summed E-state index contributed by atoms with van der Waals surface area (Å²) in [5.41, 5.74) is -0.738. The van der Waals surface area contributed by atoms with Gasteiger partial charge < -0.3 is 18.3 Å². The van der Waals surface area contributed by atoms with Crippen LogP contribution in [0.4, 0.5) is 9.59 Å². The molecule has 0 amide bonds. The van der Waals surface area contributed by atoms with Gasteiger partial charge in [-0.05, 0) is 49.9 Å². The van der Waals surface area contributed by atoms with Gasteiger partial charge in [0.15, 0.2) is 0 Å². The first-order valence-electron chi connectivity index (χ1n) is 7.30. The van der Waals surface area contributed by atoms with Crippen LogP contribution in [0.15, 0.2) is 45.6 Å². The normalized spacial score (nSPS) is 9.12. The van der Waals surface area contributed by atoms with E-state index < -0.39 is 5.43 Å². The lowest BCUT2D eigenvalue weighted by Crippen LogP contribution is -1.96. The fourth-order valence-electron chi connectivity index (χ4n) is 1.20. The molecule has 6 nitrogen and oxygen atoms in total. The highest BCUT2D eigenvalue weighted by atomic mass is 35.5. The predicted octanol–water partition coefficient (Wildman–Crippen LogP) is 5.76. The molecule has 0 bridgehead atoms. The van der Waals surface area contributed by atoms with Crippen molar-refractivity contribution in [3.05, 3.63) is 48.3 Å². The van der Waals surface area contributed by atoms with Crippen LogP contribution >= 0.6 is 36.0 Å². The van der Waals surface area contributed by atoms with Gasteiger partial charge in [0, 0.05) is 17.4 Å². The molecule has 0 aliphatic heterocycles. The summed E-state index contributed by atoms with van der Waals surface area (Å²) in [6.45, 7) is 4.25. The van der Waals surface area contributed by atoms with Gasteiger partial charge in [0.25, 0.3) is 0 Å². The maximum Gasteiger partial charge on any atom is 0.403 e. The number of furan rings is 2. The first-order valence-corrected chi connectivity index (χ1v) is 9.30. The molecule has 0 radical (unpaired) electrons. The number of rotatable bonds is 5. The molecule has 0 aliphatic rings. The Labute approximate surface area is 161 Å². The second kappa shape index (κ2) is 16.0. The number of halogens is 1. The van der Waals surface area contributed by atoms with Gasteiger partial charge in [-0.1, -0.05) is 0 Å². The molecule has 2 aromatic rings. The largest absolute Gasteiger partial charge is 0.468 e. The monoisotopic (exact) mass is 408 g/mol. The Balaban J connectivity index is 0.000000378. The Hall–Kier alpha value is -1.51. The fraction of sp³-hybridized carbons (Fsp3) is 0.375. The summed E-state index contributed by atoms with van der Waals surface area (Å²) in [5.74, 6) is 2.93. The van der Waals surface area contributed by atoms with Crippen molar-refractivity contribution < 1.29 is 27.9 Å². The Bertz CT molecular complexity index is 557. The van der Waals surface area contributed by atoms with Crippen LogP contribution in [-0.2, 0) is 21.0 Å². The minimum Gasteiger partial charge on any atom is -0.468 e. The van der Waals surface area contributed by atoms with Crippen molar-refractivity contribution in [3.63, 3.8) is 0 Å². The summed E-state index contributed by atoms with van der Waals surface area (Å²) >= 11 is 9.80. The first-order chi connectivity index (χ1) is 12.0. The molecule has 2 heterocycles. The highest BCUT2D eigenvalue weighted by Crippen LogP contribution is 2.14. The predicted molar refractivity (Wildman–Crippen MR) is 101 cm³/mol. The molecule has 0 N–H and O–H groups in total. The summed E-state index contributed by atoms with van der Waals surface area (Å²) in [5, 5.41) is -0.256. The lowest BCUT2D eigenvalue weighted by molar-refractivity contribution is 0.179. The fourth-order valence-corrected chi connectivity index (χ4v) is 2.11. The van der Waals surface area contributed by atoms with E-state index in [2.05, 4.69) is 17.4 Å². The van der Waals surface area contributed by atoms with Crippen LogP contribution < -0.4 is 0 Å². The molecule has 0 aliphatic carbocycles. The van der Waals surface area contributed by atoms with E-state index in [1.54, 1.807) is 32.4 Å². The van der Waals surface area contributed by atoms with Gasteiger partial charge in [-0.25, -0.2) is 9.59 Å². The van der Waals surface area contributed by atoms with Crippen LogP contribution in [-0.4, -0.2) is 23.9 Å². The number of thioether (sulfide) groups is 1. The summed E-state index contributed by atoms with van der Waals surface area (Å²) in [6, 6.07) is 7.37. The van der Waals surface area contributed by atoms with Crippen LogP contribution in [0.2, 0.25) is 0 Å². The number of carbonyl (C=O) groups is 2. The maximum atomic E-state index is 10.8. The summed E-state index contributed by atoms with van der Waals surface area (Å²) in [6.07, 6.45) is 3.23. The summed E-state index contributed by atoms with van der Waals surface area (Å²) in [7, 11) is 0. The molecule has 0 aromatic carbocycles. The lowest BCUT2D eigenvalue weighted by Gasteiger charge is -1.97. The molecule has 0 unspecified atom stereocenters. The topological polar surface area (TPSA) is 78.9 Å². The standard InChI is InChI=1S/C8H10O3S.C5H6OS.C3H5ClO2/c1-2-10-8(9)12-6-7-4-3-5-11-7;7-4-5-2-1-3-6-5;1-2-6-3(4)5/h3-5H,2,6H2,1H3;1-3,7H,4H2;2H2,1H3. The van der Waals surface area contributed by atoms with Crippen molar-refractivity contribution in [1.29, 1.82) is 0 Å². The average molecular weight is 409 g/mol. The SMILES string of the molecule is CCOC(=O)Cl.CCOC(=O)SCc1ccco1.SCc1ccco1. The van der Waals surface area contributed by atoms with Crippen molar-refractivity contribution in [3.8, 4) is 0 Å². The summed E-state index contributed by atoms with van der Waals surface area (Å²) < 4.78 is 18.8. The number of hydrogen-bond donors (Lipinski definition) is 1. The van der Waals surface area contributed by atoms with Gasteiger partial charge in [-0.2, -0.15) is 12.6 Å². The van der Waals surface area contributed by atoms with E-state index in [0.29, 0.717) is 24.7 Å². The van der Waals surface area contributed by atoms with Crippen LogP contribution in [0.3, 0.4) is 0 Å². The third kappa shape index (κ3) is 14.5. The van der Waals surface area contributed by atoms with Gasteiger partial charge in [-0.15, -0.1) is 0 Å². The first kappa shape index (κ1) is 23.5. The minimum atomic E-state index is -0.738. The molecule has 0 saturated carbocycles. The number of thiol groups is 1. The highest BCUT2D eigenvalue weighted by Gasteiger charge is 2.03. The second-order valence-corrected chi connectivity index (χ2v) is 5.49. The maximum absolute atomic E-state index is 10.8. The molecule has 140 valence electrons. The van der Waals surface area contributed by atoms with Crippen molar-refractivity contribution in [2.75, 3.05) is 13.2 Å². The third-order valence-corrected chi connectivity index (χ3v) is 3.37. The molecule has 0 saturated heterocycles. The van der Waals surface area contributed by atoms with E-state index in [-0.39, 0.29) is 5.30 Å². The van der Waals surface area contributed by atoms with Gasteiger partial charge >= 0.3 is 10.7 Å². The van der Waals surface area contributed by atoms with E-state index in [1.165, 1.54) is 0 Å². The molecular weight excluding hydrogens is 388 g/mol. The van der Waals surface area contributed by atoms with E-state index in [4.69, 9.17) is 25.2 Å². The van der Waals surface area contributed by atoms with Gasteiger partial charge in [-0.3, -0.25) is 0 Å². The van der Waals surface area contributed by atoms with E-state index >= 15 is 0 Å². The average Bonchev–Trinajstić information content (AvgIpc) is 3.28. The summed E-state index contributed by atoms with van der Waals surface area (Å²) in [4.78, 5) is 20.4. The van der Waals surface area contributed by atoms with Crippen molar-refractivity contribution >= 4 is 46.7 Å². The molecule has 0 atom stereocenters. The third-order valence-electron chi connectivity index (χ3n) is 2.17. The Morgan fingerprint density at radius 3 is 1.96 bits per heavy atom. The van der Waals surface area contributed by atoms with Gasteiger partial charge in [0.2, 0.25) is 0 Å². The zero-order valence-corrected chi connectivity index (χ0v) is 16.4. The smallest absolute Gasteiger partial charge is 0.403 e. The van der Waals surface area contributed by atoms with E-state index in [9.17, 15) is 9.59 Å². The minimum absolute atomic E-state index is 0.256.